The molecule has 1 atom stereocenters. The molecule has 33 heavy (non-hydrogen) atoms. The number of anilines is 1. The van der Waals surface area contributed by atoms with Gasteiger partial charge in [-0.1, -0.05) is 72.8 Å². The van der Waals surface area contributed by atoms with Gasteiger partial charge in [0.05, 0.1) is 23.7 Å². The molecule has 1 aliphatic rings. The van der Waals surface area contributed by atoms with Crippen LogP contribution in [0.15, 0.2) is 106 Å². The zero-order valence-corrected chi connectivity index (χ0v) is 18.4. The Kier molecular flexibility index (Phi) is 5.73. The van der Waals surface area contributed by atoms with E-state index in [1.54, 1.807) is 6.21 Å². The van der Waals surface area contributed by atoms with Crippen LogP contribution in [-0.2, 0) is 0 Å². The van der Waals surface area contributed by atoms with E-state index in [1.165, 1.54) is 5.56 Å². The molecule has 2 heterocycles. The predicted molar refractivity (Wildman–Crippen MR) is 132 cm³/mol. The Bertz CT molecular complexity index is 1400. The summed E-state index contributed by atoms with van der Waals surface area (Å²) in [5, 5.41) is 17.4. The Morgan fingerprint density at radius 3 is 2.36 bits per heavy atom. The van der Waals surface area contributed by atoms with Crippen LogP contribution in [0.3, 0.4) is 0 Å². The summed E-state index contributed by atoms with van der Waals surface area (Å²) in [5.41, 5.74) is 4.82. The second kappa shape index (κ2) is 9.13. The van der Waals surface area contributed by atoms with Crippen LogP contribution in [0.1, 0.15) is 29.2 Å². The maximum absolute atomic E-state index is 11.9. The molecule has 0 radical (unpaired) electrons. The molecule has 0 aliphatic carbocycles. The first kappa shape index (κ1) is 20.7. The molecule has 0 bridgehead atoms. The zero-order valence-electron chi connectivity index (χ0n) is 17.6. The summed E-state index contributed by atoms with van der Waals surface area (Å²) in [5.74, 6) is 0. The van der Waals surface area contributed by atoms with E-state index in [0.29, 0.717) is 0 Å². The normalized spacial score (nSPS) is 15.7. The van der Waals surface area contributed by atoms with Crippen molar-refractivity contribution >= 4 is 29.8 Å². The molecular weight excluding hydrogens is 432 g/mol. The molecule has 1 aromatic heterocycles. The number of hydrogen-bond donors (Lipinski definition) is 1. The third kappa shape index (κ3) is 4.42. The zero-order chi connectivity index (χ0) is 22.6. The van der Waals surface area contributed by atoms with Gasteiger partial charge in [-0.05, 0) is 41.0 Å². The van der Waals surface area contributed by atoms with Crippen molar-refractivity contribution in [2.45, 2.75) is 12.5 Å². The Hall–Kier alpha value is -4.17. The van der Waals surface area contributed by atoms with E-state index in [2.05, 4.69) is 56.7 Å². The largest absolute Gasteiger partial charge is 0.293 e. The van der Waals surface area contributed by atoms with Crippen molar-refractivity contribution in [1.29, 1.82) is 0 Å². The third-order valence-electron chi connectivity index (χ3n) is 5.42. The highest BCUT2D eigenvalue weighted by Crippen LogP contribution is 2.36. The van der Waals surface area contributed by atoms with E-state index in [-0.39, 0.29) is 10.8 Å². The van der Waals surface area contributed by atoms with Gasteiger partial charge < -0.3 is 0 Å². The second-order valence-corrected chi connectivity index (χ2v) is 7.94. The van der Waals surface area contributed by atoms with E-state index in [1.807, 2.05) is 48.5 Å². The van der Waals surface area contributed by atoms with E-state index in [9.17, 15) is 4.79 Å². The molecular formula is C25H20N6OS. The third-order valence-corrected chi connectivity index (χ3v) is 5.68. The van der Waals surface area contributed by atoms with Crippen LogP contribution in [0.2, 0.25) is 0 Å². The number of aromatic nitrogens is 3. The van der Waals surface area contributed by atoms with E-state index < -0.39 is 5.56 Å². The minimum absolute atomic E-state index is 0.106. The molecule has 0 spiro atoms. The first-order valence-electron chi connectivity index (χ1n) is 10.5. The van der Waals surface area contributed by atoms with Crippen LogP contribution in [0, 0.1) is 4.77 Å². The van der Waals surface area contributed by atoms with Gasteiger partial charge in [-0.25, -0.2) is 0 Å². The molecule has 8 heteroatoms. The Balaban J connectivity index is 1.45. The molecule has 0 saturated heterocycles. The van der Waals surface area contributed by atoms with E-state index in [0.717, 1.165) is 39.8 Å². The van der Waals surface area contributed by atoms with Gasteiger partial charge in [-0.2, -0.15) is 20.0 Å². The summed E-state index contributed by atoms with van der Waals surface area (Å²) >= 11 is 5.07. The van der Waals surface area contributed by atoms with Crippen molar-refractivity contribution in [3.63, 3.8) is 0 Å². The van der Waals surface area contributed by atoms with E-state index >= 15 is 0 Å². The van der Waals surface area contributed by atoms with Crippen LogP contribution >= 0.6 is 12.2 Å². The Morgan fingerprint density at radius 2 is 1.67 bits per heavy atom. The lowest BCUT2D eigenvalue weighted by Crippen LogP contribution is -2.18. The maximum Gasteiger partial charge on any atom is 0.293 e. The van der Waals surface area contributed by atoms with Gasteiger partial charge in [-0.3, -0.25) is 14.9 Å². The second-order valence-electron chi connectivity index (χ2n) is 7.55. The average molecular weight is 453 g/mol. The van der Waals surface area contributed by atoms with Crippen LogP contribution in [0.4, 0.5) is 5.69 Å². The molecule has 3 aromatic carbocycles. The van der Waals surface area contributed by atoms with Gasteiger partial charge in [0.1, 0.15) is 6.20 Å². The molecule has 5 rings (SSSR count). The number of benzene rings is 3. The van der Waals surface area contributed by atoms with Crippen molar-refractivity contribution in [3.8, 4) is 0 Å². The molecule has 1 unspecified atom stereocenters. The number of nitrogens with zero attached hydrogens (tertiary/aromatic N) is 5. The van der Waals surface area contributed by atoms with E-state index in [4.69, 9.17) is 17.3 Å². The highest BCUT2D eigenvalue weighted by Gasteiger charge is 2.29. The maximum atomic E-state index is 11.9. The molecule has 0 fully saturated rings. The fourth-order valence-corrected chi connectivity index (χ4v) is 3.97. The van der Waals surface area contributed by atoms with Crippen LogP contribution in [0.25, 0.3) is 0 Å². The molecule has 4 aromatic rings. The molecule has 1 N–H and O–H groups in total. The number of aromatic amines is 1. The number of H-pyrrole nitrogens is 1. The fraction of sp³-hybridized carbons (Fsp3) is 0.0800. The highest BCUT2D eigenvalue weighted by atomic mass is 32.1. The lowest BCUT2D eigenvalue weighted by molar-refractivity contribution is 0.709. The number of rotatable bonds is 5. The topological polar surface area (TPSA) is 78.6 Å². The highest BCUT2D eigenvalue weighted by molar-refractivity contribution is 7.71. The van der Waals surface area contributed by atoms with Gasteiger partial charge in [-0.15, -0.1) is 0 Å². The van der Waals surface area contributed by atoms with Crippen molar-refractivity contribution < 1.29 is 0 Å². The quantitative estimate of drug-likeness (QED) is 0.356. The van der Waals surface area contributed by atoms with Gasteiger partial charge in [0.25, 0.3) is 5.56 Å². The molecule has 162 valence electrons. The molecule has 0 saturated carbocycles. The van der Waals surface area contributed by atoms with Crippen LogP contribution in [0.5, 0.6) is 0 Å². The summed E-state index contributed by atoms with van der Waals surface area (Å²) in [6.07, 6.45) is 3.54. The fourth-order valence-electron chi connectivity index (χ4n) is 3.78. The minimum Gasteiger partial charge on any atom is -0.265 e. The Labute approximate surface area is 195 Å². The monoisotopic (exact) mass is 452 g/mol. The van der Waals surface area contributed by atoms with Gasteiger partial charge >= 0.3 is 0 Å². The van der Waals surface area contributed by atoms with Crippen molar-refractivity contribution in [2.24, 2.45) is 10.2 Å². The smallest absolute Gasteiger partial charge is 0.265 e. The average Bonchev–Trinajstić information content (AvgIpc) is 3.31. The number of nitrogens with one attached hydrogen (secondary N) is 1. The molecule has 0 amide bonds. The first-order chi connectivity index (χ1) is 16.2. The van der Waals surface area contributed by atoms with Crippen LogP contribution < -0.4 is 10.6 Å². The predicted octanol–water partition coefficient (Wildman–Crippen LogP) is 4.54. The van der Waals surface area contributed by atoms with Crippen molar-refractivity contribution in [3.05, 3.63) is 123 Å². The first-order valence-corrected chi connectivity index (χ1v) is 10.9. The van der Waals surface area contributed by atoms with Crippen molar-refractivity contribution in [1.82, 2.24) is 14.9 Å². The van der Waals surface area contributed by atoms with Crippen LogP contribution in [-0.4, -0.2) is 26.8 Å². The lowest BCUT2D eigenvalue weighted by atomic mass is 9.98. The van der Waals surface area contributed by atoms with Crippen molar-refractivity contribution in [2.75, 3.05) is 5.01 Å². The minimum atomic E-state index is -0.392. The molecule has 7 nitrogen and oxygen atoms in total. The molecule has 1 aliphatic heterocycles. The summed E-state index contributed by atoms with van der Waals surface area (Å²) in [6, 6.07) is 28.7. The SMILES string of the molecule is O=c1cn[nH]c(=S)n1/N=C/c1ccc(N2N=C(c3ccccc3)CC2c2ccccc2)cc1. The van der Waals surface area contributed by atoms with Gasteiger partial charge in [0, 0.05) is 6.42 Å². The lowest BCUT2D eigenvalue weighted by Gasteiger charge is -2.24. The summed E-state index contributed by atoms with van der Waals surface area (Å²) in [4.78, 5) is 11.9. The Morgan fingerprint density at radius 1 is 0.970 bits per heavy atom. The standard InChI is InChI=1S/C25H20N6OS/c32-24-17-26-28-25(33)31(24)27-16-18-11-13-21(14-12-18)30-23(20-9-5-2-6-10-20)15-22(29-30)19-7-3-1-4-8-19/h1-14,16-17,23H,15H2,(H,28,33)/b27-16+. The summed E-state index contributed by atoms with van der Waals surface area (Å²) < 4.78 is 1.24. The summed E-state index contributed by atoms with van der Waals surface area (Å²) in [7, 11) is 0. The van der Waals surface area contributed by atoms with Gasteiger partial charge in [0.15, 0.2) is 0 Å². The summed E-state index contributed by atoms with van der Waals surface area (Å²) in [6.45, 7) is 0. The van der Waals surface area contributed by atoms with Gasteiger partial charge in [0.2, 0.25) is 4.77 Å². The number of hydrogen-bond acceptors (Lipinski definition) is 6. The number of hydrazone groups is 1.